The van der Waals surface area contributed by atoms with Crippen LogP contribution >= 0.6 is 0 Å². The summed E-state index contributed by atoms with van der Waals surface area (Å²) in [4.78, 5) is 35.7. The molecule has 0 radical (unpaired) electrons. The van der Waals surface area contributed by atoms with Gasteiger partial charge in [-0.25, -0.2) is 9.69 Å². The second-order valence-corrected chi connectivity index (χ2v) is 4.45. The summed E-state index contributed by atoms with van der Waals surface area (Å²) in [5.41, 5.74) is 0.786. The lowest BCUT2D eigenvalue weighted by molar-refractivity contribution is -0.119. The summed E-state index contributed by atoms with van der Waals surface area (Å²) in [6.07, 6.45) is 2.43. The Balaban J connectivity index is 1.69. The zero-order chi connectivity index (χ0) is 14.1. The highest BCUT2D eigenvalue weighted by Crippen LogP contribution is 2.20. The van der Waals surface area contributed by atoms with E-state index in [4.69, 9.17) is 9.47 Å². The fourth-order valence-corrected chi connectivity index (χ4v) is 1.82. The highest BCUT2D eigenvalue weighted by Gasteiger charge is 2.26. The quantitative estimate of drug-likeness (QED) is 0.458. The fourth-order valence-electron chi connectivity index (χ4n) is 1.82. The van der Waals surface area contributed by atoms with Crippen molar-refractivity contribution in [3.8, 4) is 0 Å². The molecule has 2 heterocycles. The van der Waals surface area contributed by atoms with Gasteiger partial charge in [0, 0.05) is 12.2 Å². The van der Waals surface area contributed by atoms with E-state index in [9.17, 15) is 14.4 Å². The Morgan fingerprint density at radius 3 is 2.35 bits per heavy atom. The van der Waals surface area contributed by atoms with Gasteiger partial charge in [-0.15, -0.1) is 0 Å². The average Bonchev–Trinajstić information content (AvgIpc) is 3.22. The number of amides is 2. The van der Waals surface area contributed by atoms with Crippen LogP contribution < -0.4 is 4.90 Å². The van der Waals surface area contributed by atoms with Crippen LogP contribution in [0.2, 0.25) is 0 Å². The molecule has 1 unspecified atom stereocenters. The van der Waals surface area contributed by atoms with Gasteiger partial charge in [0.1, 0.15) is 12.7 Å². The number of imide groups is 1. The Morgan fingerprint density at radius 1 is 1.20 bits per heavy atom. The highest BCUT2D eigenvalue weighted by molar-refractivity contribution is 6.28. The Kier molecular flexibility index (Phi) is 3.08. The molecule has 0 aromatic heterocycles. The molecule has 1 saturated heterocycles. The topological polar surface area (TPSA) is 76.2 Å². The number of anilines is 1. The van der Waals surface area contributed by atoms with E-state index in [0.29, 0.717) is 17.9 Å². The van der Waals surface area contributed by atoms with Crippen molar-refractivity contribution >= 4 is 23.5 Å². The van der Waals surface area contributed by atoms with Gasteiger partial charge in [0.25, 0.3) is 11.8 Å². The fraction of sp³-hybridized carbons (Fsp3) is 0.214. The van der Waals surface area contributed by atoms with Gasteiger partial charge in [0.2, 0.25) is 0 Å². The van der Waals surface area contributed by atoms with Gasteiger partial charge in [-0.2, -0.15) is 0 Å². The minimum absolute atomic E-state index is 0.0177. The molecule has 0 bridgehead atoms. The number of hydrogen-bond donors (Lipinski definition) is 0. The van der Waals surface area contributed by atoms with Crippen molar-refractivity contribution in [1.29, 1.82) is 0 Å². The van der Waals surface area contributed by atoms with E-state index in [2.05, 4.69) is 0 Å². The number of rotatable bonds is 4. The summed E-state index contributed by atoms with van der Waals surface area (Å²) in [7, 11) is 0. The first kappa shape index (κ1) is 12.6. The molecular weight excluding hydrogens is 262 g/mol. The van der Waals surface area contributed by atoms with Gasteiger partial charge in [-0.05, 0) is 24.3 Å². The monoisotopic (exact) mass is 273 g/mol. The molecule has 0 N–H and O–H groups in total. The number of hydrogen-bond acceptors (Lipinski definition) is 5. The molecule has 0 aliphatic carbocycles. The number of carbonyl (C=O) groups is 3. The molecular formula is C14H11NO5. The first-order chi connectivity index (χ1) is 9.65. The normalized spacial score (nSPS) is 20.4. The van der Waals surface area contributed by atoms with Gasteiger partial charge < -0.3 is 9.47 Å². The maximum atomic E-state index is 11.7. The minimum atomic E-state index is -0.454. The summed E-state index contributed by atoms with van der Waals surface area (Å²) < 4.78 is 9.98. The Labute approximate surface area is 114 Å². The SMILES string of the molecule is O=C(OCC1CO1)c1ccc(N2C(=O)C=CC2=O)cc1. The van der Waals surface area contributed by atoms with Gasteiger partial charge in [0.15, 0.2) is 0 Å². The molecule has 1 atom stereocenters. The van der Waals surface area contributed by atoms with Crippen LogP contribution in [0.4, 0.5) is 5.69 Å². The van der Waals surface area contributed by atoms with E-state index in [1.165, 1.54) is 36.4 Å². The van der Waals surface area contributed by atoms with Crippen LogP contribution in [0, 0.1) is 0 Å². The summed E-state index contributed by atoms with van der Waals surface area (Å²) in [6.45, 7) is 0.867. The van der Waals surface area contributed by atoms with Gasteiger partial charge in [0.05, 0.1) is 17.9 Å². The lowest BCUT2D eigenvalue weighted by Crippen LogP contribution is -2.29. The van der Waals surface area contributed by atoms with E-state index >= 15 is 0 Å². The van der Waals surface area contributed by atoms with Crippen molar-refractivity contribution in [3.05, 3.63) is 42.0 Å². The van der Waals surface area contributed by atoms with Crippen molar-refractivity contribution in [1.82, 2.24) is 0 Å². The number of benzene rings is 1. The minimum Gasteiger partial charge on any atom is -0.459 e. The van der Waals surface area contributed by atoms with Crippen molar-refractivity contribution in [2.24, 2.45) is 0 Å². The zero-order valence-corrected chi connectivity index (χ0v) is 10.4. The predicted octanol–water partition coefficient (Wildman–Crippen LogP) is 0.672. The molecule has 6 nitrogen and oxygen atoms in total. The van der Waals surface area contributed by atoms with Crippen LogP contribution in [0.5, 0.6) is 0 Å². The summed E-state index contributed by atoms with van der Waals surface area (Å²) in [6, 6.07) is 6.11. The van der Waals surface area contributed by atoms with Crippen LogP contribution in [0.15, 0.2) is 36.4 Å². The number of carbonyl (C=O) groups excluding carboxylic acids is 3. The summed E-state index contributed by atoms with van der Waals surface area (Å²) >= 11 is 0. The molecule has 102 valence electrons. The van der Waals surface area contributed by atoms with Crippen molar-refractivity contribution in [2.45, 2.75) is 6.10 Å². The number of epoxide rings is 1. The Morgan fingerprint density at radius 2 is 1.80 bits per heavy atom. The Hall–Kier alpha value is -2.47. The molecule has 0 spiro atoms. The first-order valence-electron chi connectivity index (χ1n) is 6.10. The number of nitrogens with zero attached hydrogens (tertiary/aromatic N) is 1. The first-order valence-corrected chi connectivity index (χ1v) is 6.10. The molecule has 2 aliphatic rings. The molecule has 2 amide bonds. The molecule has 20 heavy (non-hydrogen) atoms. The number of ether oxygens (including phenoxy) is 2. The molecule has 6 heteroatoms. The van der Waals surface area contributed by atoms with Crippen LogP contribution in [-0.2, 0) is 19.1 Å². The molecule has 2 aliphatic heterocycles. The lowest BCUT2D eigenvalue weighted by atomic mass is 10.2. The summed E-state index contributed by atoms with van der Waals surface area (Å²) in [5, 5.41) is 0. The third-order valence-corrected chi connectivity index (χ3v) is 2.97. The highest BCUT2D eigenvalue weighted by atomic mass is 16.6. The predicted molar refractivity (Wildman–Crippen MR) is 68.1 cm³/mol. The molecule has 1 fully saturated rings. The van der Waals surface area contributed by atoms with Crippen molar-refractivity contribution in [2.75, 3.05) is 18.1 Å². The summed E-state index contributed by atoms with van der Waals surface area (Å²) in [5.74, 6) is -1.24. The van der Waals surface area contributed by atoms with E-state index in [1.54, 1.807) is 0 Å². The smallest absolute Gasteiger partial charge is 0.338 e. The standard InChI is InChI=1S/C14H11NO5/c16-12-5-6-13(17)15(12)10-3-1-9(2-4-10)14(18)20-8-11-7-19-11/h1-6,11H,7-8H2. The molecule has 1 aromatic rings. The van der Waals surface area contributed by atoms with Crippen molar-refractivity contribution in [3.63, 3.8) is 0 Å². The third kappa shape index (κ3) is 2.46. The largest absolute Gasteiger partial charge is 0.459 e. The van der Waals surface area contributed by atoms with Crippen LogP contribution in [-0.4, -0.2) is 37.1 Å². The zero-order valence-electron chi connectivity index (χ0n) is 10.4. The van der Waals surface area contributed by atoms with Gasteiger partial charge >= 0.3 is 5.97 Å². The van der Waals surface area contributed by atoms with Crippen LogP contribution in [0.1, 0.15) is 10.4 Å². The second kappa shape index (κ2) is 4.90. The molecule has 1 aromatic carbocycles. The average molecular weight is 273 g/mol. The third-order valence-electron chi connectivity index (χ3n) is 2.97. The van der Waals surface area contributed by atoms with Gasteiger partial charge in [-0.3, -0.25) is 9.59 Å². The van der Waals surface area contributed by atoms with E-state index in [1.807, 2.05) is 0 Å². The number of esters is 1. The molecule has 0 saturated carbocycles. The van der Waals surface area contributed by atoms with E-state index in [0.717, 1.165) is 4.90 Å². The molecule has 3 rings (SSSR count). The van der Waals surface area contributed by atoms with Gasteiger partial charge in [-0.1, -0.05) is 0 Å². The van der Waals surface area contributed by atoms with E-state index in [-0.39, 0.29) is 12.7 Å². The Bertz CT molecular complexity index is 582. The van der Waals surface area contributed by atoms with Crippen LogP contribution in [0.25, 0.3) is 0 Å². The maximum absolute atomic E-state index is 11.7. The van der Waals surface area contributed by atoms with Crippen molar-refractivity contribution < 1.29 is 23.9 Å². The second-order valence-electron chi connectivity index (χ2n) is 4.45. The lowest BCUT2D eigenvalue weighted by Gasteiger charge is -2.13. The van der Waals surface area contributed by atoms with E-state index < -0.39 is 17.8 Å². The van der Waals surface area contributed by atoms with Crippen LogP contribution in [0.3, 0.4) is 0 Å². The maximum Gasteiger partial charge on any atom is 0.338 e.